The third-order valence-electron chi connectivity index (χ3n) is 1.90. The van der Waals surface area contributed by atoms with E-state index in [1.165, 1.54) is 0 Å². The molecule has 13 heavy (non-hydrogen) atoms. The third-order valence-corrected chi connectivity index (χ3v) is 2.92. The van der Waals surface area contributed by atoms with Gasteiger partial charge in [0.1, 0.15) is 5.75 Å². The normalized spacial score (nSPS) is 15.1. The highest BCUT2D eigenvalue weighted by atomic mass is 127. The van der Waals surface area contributed by atoms with Crippen molar-refractivity contribution >= 4 is 40.2 Å². The van der Waals surface area contributed by atoms with Crippen molar-refractivity contribution < 1.29 is 9.53 Å². The van der Waals surface area contributed by atoms with Crippen LogP contribution in [-0.4, -0.2) is 5.97 Å². The molecule has 0 aromatic heterocycles. The van der Waals surface area contributed by atoms with E-state index in [0.717, 1.165) is 15.6 Å². The molecule has 0 bridgehead atoms. The lowest BCUT2D eigenvalue weighted by Gasteiger charge is -2.16. The summed E-state index contributed by atoms with van der Waals surface area (Å²) in [5.74, 6) is 0.522. The summed E-state index contributed by atoms with van der Waals surface area (Å²) in [4.78, 5) is 11.0. The van der Waals surface area contributed by atoms with E-state index in [0.29, 0.717) is 17.2 Å². The zero-order chi connectivity index (χ0) is 9.42. The summed E-state index contributed by atoms with van der Waals surface area (Å²) in [6.07, 6.45) is 1.17. The van der Waals surface area contributed by atoms with E-state index in [2.05, 4.69) is 22.6 Å². The Morgan fingerprint density at radius 1 is 1.38 bits per heavy atom. The lowest BCUT2D eigenvalue weighted by atomic mass is 10.1. The number of fused-ring (bicyclic) bond motifs is 1. The predicted octanol–water partition coefficient (Wildman–Crippen LogP) is 2.80. The summed E-state index contributed by atoms with van der Waals surface area (Å²) in [5, 5.41) is 0.695. The van der Waals surface area contributed by atoms with Gasteiger partial charge in [-0.3, -0.25) is 4.79 Å². The third kappa shape index (κ3) is 1.81. The largest absolute Gasteiger partial charge is 0.425 e. The lowest BCUT2D eigenvalue weighted by molar-refractivity contribution is -0.135. The Morgan fingerprint density at radius 2 is 2.15 bits per heavy atom. The number of benzene rings is 1. The number of carbonyl (C=O) groups is 1. The number of halogens is 2. The molecular weight excluding hydrogens is 302 g/mol. The average Bonchev–Trinajstić information content (AvgIpc) is 2.06. The van der Waals surface area contributed by atoms with Crippen molar-refractivity contribution in [3.63, 3.8) is 0 Å². The molecule has 0 radical (unpaired) electrons. The van der Waals surface area contributed by atoms with Crippen LogP contribution in [0.3, 0.4) is 0 Å². The van der Waals surface area contributed by atoms with Gasteiger partial charge < -0.3 is 4.74 Å². The summed E-state index contributed by atoms with van der Waals surface area (Å²) >= 11 is 7.99. The van der Waals surface area contributed by atoms with Gasteiger partial charge in [-0.2, -0.15) is 0 Å². The molecule has 0 unspecified atom stereocenters. The second-order valence-corrected chi connectivity index (χ2v) is 4.45. The molecule has 68 valence electrons. The van der Waals surface area contributed by atoms with E-state index in [1.807, 2.05) is 6.07 Å². The van der Waals surface area contributed by atoms with Crippen LogP contribution in [0.1, 0.15) is 12.0 Å². The van der Waals surface area contributed by atoms with Crippen LogP contribution in [0.4, 0.5) is 0 Å². The van der Waals surface area contributed by atoms with Crippen LogP contribution in [0.5, 0.6) is 5.75 Å². The Kier molecular flexibility index (Phi) is 2.47. The smallest absolute Gasteiger partial charge is 0.311 e. The molecule has 4 heteroatoms. The van der Waals surface area contributed by atoms with Crippen LogP contribution in [-0.2, 0) is 11.2 Å². The molecule has 0 spiro atoms. The topological polar surface area (TPSA) is 26.3 Å². The van der Waals surface area contributed by atoms with Crippen molar-refractivity contribution in [1.82, 2.24) is 0 Å². The highest BCUT2D eigenvalue weighted by Crippen LogP contribution is 2.33. The first-order chi connectivity index (χ1) is 6.16. The van der Waals surface area contributed by atoms with Crippen molar-refractivity contribution in [2.24, 2.45) is 0 Å². The zero-order valence-electron chi connectivity index (χ0n) is 6.64. The van der Waals surface area contributed by atoms with E-state index < -0.39 is 0 Å². The summed E-state index contributed by atoms with van der Waals surface area (Å²) in [6.45, 7) is 0. The van der Waals surface area contributed by atoms with E-state index in [-0.39, 0.29) is 5.97 Å². The van der Waals surface area contributed by atoms with Crippen LogP contribution in [0.2, 0.25) is 5.02 Å². The second kappa shape index (κ2) is 3.46. The van der Waals surface area contributed by atoms with E-state index >= 15 is 0 Å². The first-order valence-corrected chi connectivity index (χ1v) is 5.31. The molecule has 0 saturated heterocycles. The number of rotatable bonds is 0. The minimum Gasteiger partial charge on any atom is -0.425 e. The number of hydrogen-bond acceptors (Lipinski definition) is 2. The van der Waals surface area contributed by atoms with Gasteiger partial charge >= 0.3 is 5.97 Å². The van der Waals surface area contributed by atoms with Crippen LogP contribution >= 0.6 is 34.2 Å². The lowest BCUT2D eigenvalue weighted by Crippen LogP contribution is -2.16. The van der Waals surface area contributed by atoms with Gasteiger partial charge in [0, 0.05) is 5.02 Å². The van der Waals surface area contributed by atoms with Crippen LogP contribution < -0.4 is 4.74 Å². The molecule has 0 amide bonds. The van der Waals surface area contributed by atoms with Crippen molar-refractivity contribution in [3.05, 3.63) is 26.3 Å². The zero-order valence-corrected chi connectivity index (χ0v) is 9.55. The highest BCUT2D eigenvalue weighted by molar-refractivity contribution is 14.1. The Balaban J connectivity index is 2.53. The maximum atomic E-state index is 11.0. The Hall–Kier alpha value is -0.290. The highest BCUT2D eigenvalue weighted by Gasteiger charge is 2.19. The number of ether oxygens (including phenoxy) is 1. The van der Waals surface area contributed by atoms with Crippen molar-refractivity contribution in [3.8, 4) is 5.75 Å². The first kappa shape index (κ1) is 9.27. The average molecular weight is 309 g/mol. The molecule has 1 aromatic carbocycles. The SMILES string of the molecule is O=C1CCc2cc(Cl)cc(I)c2O1. The monoisotopic (exact) mass is 308 g/mol. The predicted molar refractivity (Wildman–Crippen MR) is 58.1 cm³/mol. The maximum Gasteiger partial charge on any atom is 0.311 e. The molecular formula is C9H6ClIO2. The van der Waals surface area contributed by atoms with Gasteiger partial charge in [-0.1, -0.05) is 11.6 Å². The standard InChI is InChI=1S/C9H6ClIO2/c10-6-3-5-1-2-8(12)13-9(5)7(11)4-6/h3-4H,1-2H2. The van der Waals surface area contributed by atoms with Crippen molar-refractivity contribution in [2.45, 2.75) is 12.8 Å². The molecule has 2 rings (SSSR count). The summed E-state index contributed by atoms with van der Waals surface area (Å²) < 4.78 is 6.01. The number of aryl methyl sites for hydroxylation is 1. The molecule has 0 fully saturated rings. The molecule has 0 atom stereocenters. The maximum absolute atomic E-state index is 11.0. The van der Waals surface area contributed by atoms with Crippen LogP contribution in [0, 0.1) is 3.57 Å². The summed E-state index contributed by atoms with van der Waals surface area (Å²) in [5.41, 5.74) is 1.02. The fraction of sp³-hybridized carbons (Fsp3) is 0.222. The Morgan fingerprint density at radius 3 is 2.92 bits per heavy atom. The minimum atomic E-state index is -0.160. The van der Waals surface area contributed by atoms with E-state index in [9.17, 15) is 4.79 Å². The molecule has 1 aliphatic heterocycles. The van der Waals surface area contributed by atoms with Gasteiger partial charge in [0.2, 0.25) is 0 Å². The molecule has 1 aliphatic rings. The second-order valence-electron chi connectivity index (χ2n) is 2.85. The molecule has 1 heterocycles. The fourth-order valence-electron chi connectivity index (χ4n) is 1.32. The number of carbonyl (C=O) groups excluding carboxylic acids is 1. The molecule has 1 aromatic rings. The van der Waals surface area contributed by atoms with Gasteiger partial charge in [-0.25, -0.2) is 0 Å². The molecule has 2 nitrogen and oxygen atoms in total. The minimum absolute atomic E-state index is 0.160. The van der Waals surface area contributed by atoms with Crippen molar-refractivity contribution in [1.29, 1.82) is 0 Å². The Labute approximate surface area is 94.4 Å². The summed E-state index contributed by atoms with van der Waals surface area (Å²) in [7, 11) is 0. The van der Waals surface area contributed by atoms with E-state index in [1.54, 1.807) is 6.07 Å². The molecule has 0 saturated carbocycles. The Bertz CT molecular complexity index is 376. The number of hydrogen-bond donors (Lipinski definition) is 0. The van der Waals surface area contributed by atoms with Crippen LogP contribution in [0.25, 0.3) is 0 Å². The van der Waals surface area contributed by atoms with Gasteiger partial charge in [0.25, 0.3) is 0 Å². The van der Waals surface area contributed by atoms with Gasteiger partial charge in [-0.15, -0.1) is 0 Å². The van der Waals surface area contributed by atoms with Gasteiger partial charge in [-0.05, 0) is 46.7 Å². The van der Waals surface area contributed by atoms with Crippen LogP contribution in [0.15, 0.2) is 12.1 Å². The summed E-state index contributed by atoms with van der Waals surface area (Å²) in [6, 6.07) is 3.64. The van der Waals surface area contributed by atoms with E-state index in [4.69, 9.17) is 16.3 Å². The molecule has 0 aliphatic carbocycles. The van der Waals surface area contributed by atoms with Crippen molar-refractivity contribution in [2.75, 3.05) is 0 Å². The molecule has 0 N–H and O–H groups in total. The number of esters is 1. The quantitative estimate of drug-likeness (QED) is 0.418. The van der Waals surface area contributed by atoms with Gasteiger partial charge in [0.15, 0.2) is 0 Å². The first-order valence-electron chi connectivity index (χ1n) is 3.85. The fourth-order valence-corrected chi connectivity index (χ4v) is 2.53. The van der Waals surface area contributed by atoms with Gasteiger partial charge in [0.05, 0.1) is 9.99 Å².